The van der Waals surface area contributed by atoms with Gasteiger partial charge in [-0.2, -0.15) is 0 Å². The van der Waals surface area contributed by atoms with E-state index in [9.17, 15) is 9.59 Å². The SMILES string of the molecule is CC(C)N(CC(N)=O)C(=O)c1ccc(CSc2ccccc2)cc1. The molecule has 2 aromatic rings. The van der Waals surface area contributed by atoms with Crippen molar-refractivity contribution in [1.29, 1.82) is 0 Å². The van der Waals surface area contributed by atoms with Crippen LogP contribution >= 0.6 is 11.8 Å². The van der Waals surface area contributed by atoms with Gasteiger partial charge in [-0.3, -0.25) is 9.59 Å². The second-order valence-electron chi connectivity index (χ2n) is 5.79. The van der Waals surface area contributed by atoms with Crippen molar-refractivity contribution in [2.75, 3.05) is 6.54 Å². The van der Waals surface area contributed by atoms with Crippen molar-refractivity contribution < 1.29 is 9.59 Å². The van der Waals surface area contributed by atoms with Gasteiger partial charge in [0.2, 0.25) is 5.91 Å². The third kappa shape index (κ3) is 5.13. The van der Waals surface area contributed by atoms with Gasteiger partial charge in [0.1, 0.15) is 0 Å². The summed E-state index contributed by atoms with van der Waals surface area (Å²) in [4.78, 5) is 26.4. The molecular weight excluding hydrogens is 320 g/mol. The van der Waals surface area contributed by atoms with E-state index in [2.05, 4.69) is 12.1 Å². The maximum Gasteiger partial charge on any atom is 0.254 e. The molecule has 0 aromatic heterocycles. The fraction of sp³-hybridized carbons (Fsp3) is 0.263. The van der Waals surface area contributed by atoms with Crippen molar-refractivity contribution in [1.82, 2.24) is 4.90 Å². The van der Waals surface area contributed by atoms with E-state index in [0.717, 1.165) is 11.3 Å². The Hall–Kier alpha value is -2.27. The smallest absolute Gasteiger partial charge is 0.254 e. The zero-order chi connectivity index (χ0) is 17.5. The van der Waals surface area contributed by atoms with Crippen molar-refractivity contribution in [3.63, 3.8) is 0 Å². The van der Waals surface area contributed by atoms with Gasteiger partial charge in [0.15, 0.2) is 0 Å². The minimum Gasteiger partial charge on any atom is -0.368 e. The van der Waals surface area contributed by atoms with Crippen molar-refractivity contribution in [2.45, 2.75) is 30.5 Å². The van der Waals surface area contributed by atoms with E-state index in [1.54, 1.807) is 23.9 Å². The first kappa shape index (κ1) is 18.1. The van der Waals surface area contributed by atoms with Crippen molar-refractivity contribution in [2.24, 2.45) is 5.73 Å². The molecule has 24 heavy (non-hydrogen) atoms. The maximum absolute atomic E-state index is 12.5. The summed E-state index contributed by atoms with van der Waals surface area (Å²) >= 11 is 1.75. The van der Waals surface area contributed by atoms with Crippen LogP contribution in [0.3, 0.4) is 0 Å². The Morgan fingerprint density at radius 3 is 2.21 bits per heavy atom. The van der Waals surface area contributed by atoms with Crippen molar-refractivity contribution in [3.05, 3.63) is 65.7 Å². The standard InChI is InChI=1S/C19H22N2O2S/c1-14(2)21(12-18(20)22)19(23)16-10-8-15(9-11-16)13-24-17-6-4-3-5-7-17/h3-11,14H,12-13H2,1-2H3,(H2,20,22). The highest BCUT2D eigenvalue weighted by Crippen LogP contribution is 2.22. The van der Waals surface area contributed by atoms with E-state index in [1.165, 1.54) is 9.80 Å². The van der Waals surface area contributed by atoms with Crippen LogP contribution in [0.2, 0.25) is 0 Å². The van der Waals surface area contributed by atoms with E-state index in [1.807, 2.05) is 44.2 Å². The summed E-state index contributed by atoms with van der Waals surface area (Å²) in [5.41, 5.74) is 6.94. The number of carbonyl (C=O) groups excluding carboxylic acids is 2. The van der Waals surface area contributed by atoms with Crippen molar-refractivity contribution in [3.8, 4) is 0 Å². The minimum absolute atomic E-state index is 0.0674. The summed E-state index contributed by atoms with van der Waals surface area (Å²) in [6.45, 7) is 3.67. The number of rotatable bonds is 7. The lowest BCUT2D eigenvalue weighted by Gasteiger charge is -2.25. The Labute approximate surface area is 147 Å². The predicted molar refractivity (Wildman–Crippen MR) is 97.8 cm³/mol. The van der Waals surface area contributed by atoms with Gasteiger partial charge in [-0.25, -0.2) is 0 Å². The number of amides is 2. The Balaban J connectivity index is 2.02. The number of benzene rings is 2. The molecule has 0 aliphatic rings. The number of carbonyl (C=O) groups is 2. The van der Waals surface area contributed by atoms with Crippen LogP contribution in [-0.2, 0) is 10.5 Å². The molecule has 126 valence electrons. The number of hydrogen-bond acceptors (Lipinski definition) is 3. The molecule has 2 N–H and O–H groups in total. The number of thioether (sulfide) groups is 1. The Morgan fingerprint density at radius 1 is 1.04 bits per heavy atom. The molecule has 0 saturated heterocycles. The summed E-state index contributed by atoms with van der Waals surface area (Å²) in [5, 5.41) is 0. The lowest BCUT2D eigenvalue weighted by atomic mass is 10.1. The molecule has 2 aromatic carbocycles. The average molecular weight is 342 g/mol. The minimum atomic E-state index is -0.507. The van der Waals surface area contributed by atoms with Gasteiger partial charge in [-0.05, 0) is 43.7 Å². The zero-order valence-electron chi connectivity index (χ0n) is 13.9. The molecule has 0 heterocycles. The van der Waals surface area contributed by atoms with E-state index in [0.29, 0.717) is 5.56 Å². The molecule has 0 bridgehead atoms. The molecule has 0 spiro atoms. The van der Waals surface area contributed by atoms with Crippen molar-refractivity contribution >= 4 is 23.6 Å². The topological polar surface area (TPSA) is 63.4 Å². The Kier molecular flexibility index (Phi) is 6.44. The highest BCUT2D eigenvalue weighted by atomic mass is 32.2. The average Bonchev–Trinajstić information content (AvgIpc) is 2.58. The summed E-state index contributed by atoms with van der Waals surface area (Å²) < 4.78 is 0. The first-order valence-corrected chi connectivity index (χ1v) is 8.82. The zero-order valence-corrected chi connectivity index (χ0v) is 14.8. The third-order valence-electron chi connectivity index (χ3n) is 3.56. The van der Waals surface area contributed by atoms with Gasteiger partial charge in [-0.1, -0.05) is 30.3 Å². The second kappa shape index (κ2) is 8.55. The van der Waals surface area contributed by atoms with Gasteiger partial charge in [-0.15, -0.1) is 11.8 Å². The summed E-state index contributed by atoms with van der Waals surface area (Å²) in [5.74, 6) is 0.159. The van der Waals surface area contributed by atoms with Crippen LogP contribution in [0.25, 0.3) is 0 Å². The number of nitrogens with two attached hydrogens (primary N) is 1. The maximum atomic E-state index is 12.5. The van der Waals surface area contributed by atoms with Crippen LogP contribution in [0.15, 0.2) is 59.5 Å². The summed E-state index contributed by atoms with van der Waals surface area (Å²) in [7, 11) is 0. The molecular formula is C19H22N2O2S. The molecule has 0 unspecified atom stereocenters. The largest absolute Gasteiger partial charge is 0.368 e. The molecule has 0 radical (unpaired) electrons. The van der Waals surface area contributed by atoms with E-state index in [-0.39, 0.29) is 18.5 Å². The molecule has 2 amide bonds. The van der Waals surface area contributed by atoms with Gasteiger partial charge in [0, 0.05) is 22.3 Å². The normalized spacial score (nSPS) is 10.6. The second-order valence-corrected chi connectivity index (χ2v) is 6.84. The highest BCUT2D eigenvalue weighted by Gasteiger charge is 2.20. The number of nitrogens with zero attached hydrogens (tertiary/aromatic N) is 1. The molecule has 0 aliphatic carbocycles. The Bertz CT molecular complexity index is 684. The van der Waals surface area contributed by atoms with E-state index >= 15 is 0 Å². The quantitative estimate of drug-likeness (QED) is 0.785. The number of primary amides is 1. The van der Waals surface area contributed by atoms with Crippen LogP contribution in [0, 0.1) is 0 Å². The third-order valence-corrected chi connectivity index (χ3v) is 4.64. The fourth-order valence-corrected chi connectivity index (χ4v) is 3.12. The first-order chi connectivity index (χ1) is 11.5. The fourth-order valence-electron chi connectivity index (χ4n) is 2.25. The Morgan fingerprint density at radius 2 is 1.67 bits per heavy atom. The molecule has 2 rings (SSSR count). The molecule has 0 fully saturated rings. The number of hydrogen-bond donors (Lipinski definition) is 1. The van der Waals surface area contributed by atoms with E-state index < -0.39 is 5.91 Å². The van der Waals surface area contributed by atoms with Gasteiger partial charge < -0.3 is 10.6 Å². The first-order valence-electron chi connectivity index (χ1n) is 7.83. The highest BCUT2D eigenvalue weighted by molar-refractivity contribution is 7.98. The monoisotopic (exact) mass is 342 g/mol. The van der Waals surface area contributed by atoms with Crippen LogP contribution in [0.1, 0.15) is 29.8 Å². The molecule has 5 heteroatoms. The molecule has 0 atom stereocenters. The molecule has 0 aliphatic heterocycles. The summed E-state index contributed by atoms with van der Waals surface area (Å²) in [6, 6.07) is 17.6. The van der Waals surface area contributed by atoms with Gasteiger partial charge in [0.25, 0.3) is 5.91 Å². The van der Waals surface area contributed by atoms with Gasteiger partial charge >= 0.3 is 0 Å². The van der Waals surface area contributed by atoms with Gasteiger partial charge in [0.05, 0.1) is 6.54 Å². The summed E-state index contributed by atoms with van der Waals surface area (Å²) in [6.07, 6.45) is 0. The van der Waals surface area contributed by atoms with Crippen LogP contribution < -0.4 is 5.73 Å². The van der Waals surface area contributed by atoms with Crippen LogP contribution in [-0.4, -0.2) is 29.3 Å². The van der Waals surface area contributed by atoms with E-state index in [4.69, 9.17) is 5.73 Å². The molecule has 0 saturated carbocycles. The van der Waals surface area contributed by atoms with Crippen LogP contribution in [0.5, 0.6) is 0 Å². The predicted octanol–water partition coefficient (Wildman–Crippen LogP) is 3.31. The molecule has 4 nitrogen and oxygen atoms in total. The lowest BCUT2D eigenvalue weighted by Crippen LogP contribution is -2.42. The van der Waals surface area contributed by atoms with Crippen LogP contribution in [0.4, 0.5) is 0 Å². The lowest BCUT2D eigenvalue weighted by molar-refractivity contribution is -0.119.